The first-order valence-electron chi connectivity index (χ1n) is 9.63. The van der Waals surface area contributed by atoms with Crippen molar-refractivity contribution in [2.45, 2.75) is 50.7 Å². The number of hydrogen-bond acceptors (Lipinski definition) is 6. The van der Waals surface area contributed by atoms with Gasteiger partial charge in [0.25, 0.3) is 0 Å². The number of nitrogens with zero attached hydrogens (tertiary/aromatic N) is 5. The van der Waals surface area contributed by atoms with E-state index in [4.69, 9.17) is 4.74 Å². The van der Waals surface area contributed by atoms with Crippen LogP contribution in [0, 0.1) is 0 Å². The summed E-state index contributed by atoms with van der Waals surface area (Å²) in [5.41, 5.74) is 0. The predicted octanol–water partition coefficient (Wildman–Crippen LogP) is 0.514. The van der Waals surface area contributed by atoms with Crippen LogP contribution in [0.5, 0.6) is 0 Å². The van der Waals surface area contributed by atoms with Gasteiger partial charge in [-0.15, -0.1) is 10.2 Å². The molecule has 8 nitrogen and oxygen atoms in total. The predicted molar refractivity (Wildman–Crippen MR) is 96.6 cm³/mol. The SMILES string of the molecule is COCCC(=O)N1CCC[C@@H](c2nnc(CN3CCC(O)CC3)n2C)C1. The number of piperidine rings is 2. The van der Waals surface area contributed by atoms with Gasteiger partial charge in [0.1, 0.15) is 11.6 Å². The van der Waals surface area contributed by atoms with E-state index >= 15 is 0 Å². The molecule has 0 spiro atoms. The van der Waals surface area contributed by atoms with Crippen LogP contribution in [0.3, 0.4) is 0 Å². The minimum Gasteiger partial charge on any atom is -0.393 e. The van der Waals surface area contributed by atoms with E-state index in [2.05, 4.69) is 19.7 Å². The second kappa shape index (κ2) is 8.92. The number of carbonyl (C=O) groups is 1. The molecule has 8 heteroatoms. The van der Waals surface area contributed by atoms with Gasteiger partial charge in [-0.2, -0.15) is 0 Å². The highest BCUT2D eigenvalue weighted by atomic mass is 16.5. The average molecular weight is 365 g/mol. The first-order valence-corrected chi connectivity index (χ1v) is 9.63. The molecule has 1 aromatic rings. The van der Waals surface area contributed by atoms with Crippen LogP contribution in [0.1, 0.15) is 49.7 Å². The summed E-state index contributed by atoms with van der Waals surface area (Å²) < 4.78 is 7.12. The van der Waals surface area contributed by atoms with Gasteiger partial charge in [0.2, 0.25) is 5.91 Å². The fraction of sp³-hybridized carbons (Fsp3) is 0.833. The van der Waals surface area contributed by atoms with E-state index < -0.39 is 0 Å². The maximum absolute atomic E-state index is 12.3. The Morgan fingerprint density at radius 2 is 2.00 bits per heavy atom. The molecule has 0 radical (unpaired) electrons. The van der Waals surface area contributed by atoms with Crippen molar-refractivity contribution in [3.05, 3.63) is 11.6 Å². The Balaban J connectivity index is 1.60. The fourth-order valence-corrected chi connectivity index (χ4v) is 3.91. The summed E-state index contributed by atoms with van der Waals surface area (Å²) in [5, 5.41) is 18.5. The van der Waals surface area contributed by atoms with Crippen LogP contribution in [-0.4, -0.2) is 81.6 Å². The van der Waals surface area contributed by atoms with Crippen molar-refractivity contribution in [3.63, 3.8) is 0 Å². The molecule has 2 aliphatic rings. The van der Waals surface area contributed by atoms with E-state index in [0.717, 1.165) is 63.5 Å². The molecule has 2 aliphatic heterocycles. The van der Waals surface area contributed by atoms with Crippen LogP contribution in [0.2, 0.25) is 0 Å². The van der Waals surface area contributed by atoms with Crippen molar-refractivity contribution < 1.29 is 14.6 Å². The summed E-state index contributed by atoms with van der Waals surface area (Å²) in [5.74, 6) is 2.33. The quantitative estimate of drug-likeness (QED) is 0.791. The summed E-state index contributed by atoms with van der Waals surface area (Å²) in [7, 11) is 3.64. The lowest BCUT2D eigenvalue weighted by Crippen LogP contribution is -2.40. The molecule has 1 aromatic heterocycles. The lowest BCUT2D eigenvalue weighted by molar-refractivity contribution is -0.133. The first kappa shape index (κ1) is 19.3. The minimum absolute atomic E-state index is 0.158. The summed E-state index contributed by atoms with van der Waals surface area (Å²) in [6.07, 6.45) is 3.96. The molecular formula is C18H31N5O3. The van der Waals surface area contributed by atoms with Crippen molar-refractivity contribution in [2.75, 3.05) is 39.9 Å². The van der Waals surface area contributed by atoms with Gasteiger partial charge in [0.15, 0.2) is 0 Å². The van der Waals surface area contributed by atoms with Gasteiger partial charge in [0.05, 0.1) is 25.7 Å². The molecule has 0 saturated carbocycles. The molecule has 3 heterocycles. The Hall–Kier alpha value is -1.51. The first-order chi connectivity index (χ1) is 12.6. The summed E-state index contributed by atoms with van der Waals surface area (Å²) in [6, 6.07) is 0. The highest BCUT2D eigenvalue weighted by molar-refractivity contribution is 5.76. The lowest BCUT2D eigenvalue weighted by Gasteiger charge is -2.32. The summed E-state index contributed by atoms with van der Waals surface area (Å²) >= 11 is 0. The van der Waals surface area contributed by atoms with E-state index in [-0.39, 0.29) is 17.9 Å². The van der Waals surface area contributed by atoms with E-state index in [9.17, 15) is 9.90 Å². The summed E-state index contributed by atoms with van der Waals surface area (Å²) in [6.45, 7) is 4.56. The third-order valence-electron chi connectivity index (χ3n) is 5.58. The Morgan fingerprint density at radius 1 is 1.23 bits per heavy atom. The molecule has 0 aliphatic carbocycles. The van der Waals surface area contributed by atoms with Gasteiger partial charge >= 0.3 is 0 Å². The zero-order chi connectivity index (χ0) is 18.5. The van der Waals surface area contributed by atoms with E-state index in [1.165, 1.54) is 0 Å². The summed E-state index contributed by atoms with van der Waals surface area (Å²) in [4.78, 5) is 16.5. The number of aliphatic hydroxyl groups excluding tert-OH is 1. The Morgan fingerprint density at radius 3 is 2.73 bits per heavy atom. The second-order valence-corrected chi connectivity index (χ2v) is 7.46. The Labute approximate surface area is 155 Å². The van der Waals surface area contributed by atoms with Crippen molar-refractivity contribution in [1.82, 2.24) is 24.6 Å². The van der Waals surface area contributed by atoms with Gasteiger partial charge in [-0.25, -0.2) is 0 Å². The van der Waals surface area contributed by atoms with Crippen LogP contribution in [0.4, 0.5) is 0 Å². The van der Waals surface area contributed by atoms with Crippen LogP contribution in [0.15, 0.2) is 0 Å². The zero-order valence-electron chi connectivity index (χ0n) is 15.9. The minimum atomic E-state index is -0.162. The monoisotopic (exact) mass is 365 g/mol. The van der Waals surface area contributed by atoms with E-state index in [1.807, 2.05) is 11.9 Å². The van der Waals surface area contributed by atoms with Crippen LogP contribution >= 0.6 is 0 Å². The number of likely N-dealkylation sites (tertiary alicyclic amines) is 2. The zero-order valence-corrected chi connectivity index (χ0v) is 15.9. The number of hydrogen-bond donors (Lipinski definition) is 1. The molecule has 2 fully saturated rings. The third kappa shape index (κ3) is 4.61. The lowest BCUT2D eigenvalue weighted by atomic mass is 9.97. The molecule has 2 saturated heterocycles. The maximum Gasteiger partial charge on any atom is 0.224 e. The maximum atomic E-state index is 12.3. The number of aliphatic hydroxyl groups is 1. The Kier molecular flexibility index (Phi) is 6.61. The van der Waals surface area contributed by atoms with Crippen LogP contribution < -0.4 is 0 Å². The largest absolute Gasteiger partial charge is 0.393 e. The highest BCUT2D eigenvalue weighted by Crippen LogP contribution is 2.26. The number of carbonyl (C=O) groups excluding carboxylic acids is 1. The number of aromatic nitrogens is 3. The molecule has 146 valence electrons. The van der Waals surface area contributed by atoms with Gasteiger partial charge in [-0.3, -0.25) is 9.69 Å². The molecular weight excluding hydrogens is 334 g/mol. The molecule has 26 heavy (non-hydrogen) atoms. The topological polar surface area (TPSA) is 83.7 Å². The van der Waals surface area contributed by atoms with Crippen molar-refractivity contribution in [1.29, 1.82) is 0 Å². The van der Waals surface area contributed by atoms with E-state index in [0.29, 0.717) is 19.6 Å². The smallest absolute Gasteiger partial charge is 0.224 e. The number of methoxy groups -OCH3 is 1. The molecule has 1 amide bonds. The molecule has 0 aromatic carbocycles. The third-order valence-corrected chi connectivity index (χ3v) is 5.58. The van der Waals surface area contributed by atoms with E-state index in [1.54, 1.807) is 7.11 Å². The van der Waals surface area contributed by atoms with Crippen LogP contribution in [-0.2, 0) is 23.1 Å². The number of rotatable bonds is 6. The molecule has 3 rings (SSSR count). The molecule has 1 atom stereocenters. The molecule has 0 bridgehead atoms. The standard InChI is InChI=1S/C18H31N5O3/c1-21-16(13-22-9-5-15(24)6-10-22)19-20-18(21)14-4-3-8-23(12-14)17(25)7-11-26-2/h14-15,24H,3-13H2,1-2H3/t14-/m1/s1. The average Bonchev–Trinajstić information content (AvgIpc) is 3.02. The van der Waals surface area contributed by atoms with Gasteiger partial charge in [0, 0.05) is 46.3 Å². The van der Waals surface area contributed by atoms with Gasteiger partial charge in [-0.1, -0.05) is 0 Å². The van der Waals surface area contributed by atoms with Crippen molar-refractivity contribution in [3.8, 4) is 0 Å². The van der Waals surface area contributed by atoms with Gasteiger partial charge in [-0.05, 0) is 25.7 Å². The normalized spacial score (nSPS) is 22.7. The highest BCUT2D eigenvalue weighted by Gasteiger charge is 2.28. The number of ether oxygens (including phenoxy) is 1. The number of amides is 1. The Bertz CT molecular complexity index is 598. The molecule has 1 N–H and O–H groups in total. The van der Waals surface area contributed by atoms with Crippen LogP contribution in [0.25, 0.3) is 0 Å². The fourth-order valence-electron chi connectivity index (χ4n) is 3.91. The van der Waals surface area contributed by atoms with Crippen molar-refractivity contribution in [2.24, 2.45) is 7.05 Å². The van der Waals surface area contributed by atoms with Crippen molar-refractivity contribution >= 4 is 5.91 Å². The van der Waals surface area contributed by atoms with Gasteiger partial charge < -0.3 is 19.3 Å². The molecule has 0 unspecified atom stereocenters. The second-order valence-electron chi connectivity index (χ2n) is 7.46.